The molecule has 0 aliphatic carbocycles. The van der Waals surface area contributed by atoms with Crippen LogP contribution in [0.1, 0.15) is 50.7 Å². The second kappa shape index (κ2) is 20.7. The zero-order valence-corrected chi connectivity index (χ0v) is 27.7. The van der Waals surface area contributed by atoms with Gasteiger partial charge in [-0.1, -0.05) is 74.5 Å². The molecule has 0 aliphatic heterocycles. The number of carboxylic acids is 3. The van der Waals surface area contributed by atoms with Crippen molar-refractivity contribution in [3.8, 4) is 0 Å². The molecule has 5 unspecified atom stereocenters. The number of carbonyl (C=O) groups is 8. The number of Topliss-reactive ketones (excluding diaryl/α,β-unsaturated/α-hetero) is 1. The molecule has 0 aromatic heterocycles. The fraction of sp³-hybridized carbons (Fsp3) is 0.412. The lowest BCUT2D eigenvalue weighted by Crippen LogP contribution is -2.59. The van der Waals surface area contributed by atoms with Crippen LogP contribution >= 0.6 is 0 Å². The Balaban J connectivity index is 2.34. The van der Waals surface area contributed by atoms with Crippen LogP contribution < -0.4 is 26.6 Å². The van der Waals surface area contributed by atoms with Gasteiger partial charge in [0.15, 0.2) is 5.78 Å². The smallest absolute Gasteiger partial charge is 0.305 e. The van der Waals surface area contributed by atoms with Gasteiger partial charge in [0.1, 0.15) is 18.1 Å². The second-order valence-electron chi connectivity index (χ2n) is 11.3. The number of carboxylic acid groups (broad SMARTS) is 3. The van der Waals surface area contributed by atoms with E-state index >= 15 is 0 Å². The van der Waals surface area contributed by atoms with Crippen molar-refractivity contribution in [2.24, 2.45) is 0 Å². The Morgan fingerprint density at radius 1 is 0.500 bits per heavy atom. The van der Waals surface area contributed by atoms with Crippen LogP contribution in [0.25, 0.3) is 0 Å². The molecule has 5 atom stereocenters. The van der Waals surface area contributed by atoms with E-state index in [0.717, 1.165) is 5.56 Å². The molecule has 2 aromatic carbocycles. The van der Waals surface area contributed by atoms with Gasteiger partial charge in [0.25, 0.3) is 0 Å². The maximum absolute atomic E-state index is 13.7. The summed E-state index contributed by atoms with van der Waals surface area (Å²) in [5, 5.41) is 40.1. The lowest BCUT2D eigenvalue weighted by molar-refractivity contribution is -0.144. The summed E-state index contributed by atoms with van der Waals surface area (Å²) in [6.45, 7) is 3.40. The molecule has 16 heteroatoms. The molecule has 0 aliphatic rings. The molecule has 16 nitrogen and oxygen atoms in total. The summed E-state index contributed by atoms with van der Waals surface area (Å²) < 4.78 is 0. The standard InChI is InChI=1S/C34H43N5O11/c1-3-27(40)22(15-20-11-7-5-8-12-20)36-32(48)24(16-21-13-9-6-10-14-21)37-33(49)26(19-30(45)46)39-34(50)25(18-29(43)44)38-31(47)23(35-4-2)17-28(41)42/h5-14,22-26,35H,3-4,15-19H2,1-2H3,(H,36,48)(H,37,49)(H,38,47)(H,39,50)(H,41,42)(H,43,44)(H,45,46). The molecule has 0 heterocycles. The highest BCUT2D eigenvalue weighted by molar-refractivity contribution is 5.98. The van der Waals surface area contributed by atoms with Gasteiger partial charge in [0.2, 0.25) is 23.6 Å². The van der Waals surface area contributed by atoms with Crippen LogP contribution in [0.4, 0.5) is 0 Å². The number of ketones is 1. The van der Waals surface area contributed by atoms with Crippen molar-refractivity contribution in [3.63, 3.8) is 0 Å². The van der Waals surface area contributed by atoms with Gasteiger partial charge < -0.3 is 41.9 Å². The highest BCUT2D eigenvalue weighted by Gasteiger charge is 2.34. The number of aliphatic carboxylic acids is 3. The van der Waals surface area contributed by atoms with Gasteiger partial charge in [-0.3, -0.25) is 38.4 Å². The zero-order valence-electron chi connectivity index (χ0n) is 27.7. The van der Waals surface area contributed by atoms with E-state index in [1.807, 2.05) is 0 Å². The summed E-state index contributed by atoms with van der Waals surface area (Å²) in [4.78, 5) is 101. The molecule has 0 saturated carbocycles. The Kier molecular flexibility index (Phi) is 16.8. The van der Waals surface area contributed by atoms with Crippen molar-refractivity contribution < 1.29 is 53.7 Å². The van der Waals surface area contributed by atoms with E-state index in [1.165, 1.54) is 0 Å². The molecule has 0 spiro atoms. The molecule has 8 N–H and O–H groups in total. The first kappa shape index (κ1) is 40.5. The predicted molar refractivity (Wildman–Crippen MR) is 178 cm³/mol. The van der Waals surface area contributed by atoms with Crippen LogP contribution in [0.15, 0.2) is 60.7 Å². The predicted octanol–water partition coefficient (Wildman–Crippen LogP) is -0.208. The molecule has 0 saturated heterocycles. The monoisotopic (exact) mass is 697 g/mol. The molecule has 2 rings (SSSR count). The van der Waals surface area contributed by atoms with E-state index in [1.54, 1.807) is 74.5 Å². The first-order valence-electron chi connectivity index (χ1n) is 15.9. The van der Waals surface area contributed by atoms with Crippen molar-refractivity contribution in [2.75, 3.05) is 6.54 Å². The maximum atomic E-state index is 13.7. The first-order chi connectivity index (χ1) is 23.7. The van der Waals surface area contributed by atoms with Crippen LogP contribution in [0, 0.1) is 0 Å². The largest absolute Gasteiger partial charge is 0.481 e. The van der Waals surface area contributed by atoms with Crippen LogP contribution in [0.5, 0.6) is 0 Å². The minimum Gasteiger partial charge on any atom is -0.481 e. The fourth-order valence-corrected chi connectivity index (χ4v) is 4.94. The third-order valence-electron chi connectivity index (χ3n) is 7.42. The van der Waals surface area contributed by atoms with Gasteiger partial charge in [-0.05, 0) is 24.1 Å². The molecular formula is C34H43N5O11. The molecule has 270 valence electrons. The van der Waals surface area contributed by atoms with Gasteiger partial charge in [-0.25, -0.2) is 0 Å². The summed E-state index contributed by atoms with van der Waals surface area (Å²) in [5.41, 5.74) is 1.38. The molecular weight excluding hydrogens is 654 g/mol. The average molecular weight is 698 g/mol. The van der Waals surface area contributed by atoms with Gasteiger partial charge in [-0.15, -0.1) is 0 Å². The second-order valence-corrected chi connectivity index (χ2v) is 11.3. The van der Waals surface area contributed by atoms with E-state index in [-0.39, 0.29) is 31.6 Å². The zero-order chi connectivity index (χ0) is 37.2. The van der Waals surface area contributed by atoms with E-state index in [2.05, 4.69) is 26.6 Å². The number of hydrogen-bond acceptors (Lipinski definition) is 9. The minimum atomic E-state index is -1.85. The fourth-order valence-electron chi connectivity index (χ4n) is 4.94. The summed E-state index contributed by atoms with van der Waals surface area (Å²) in [5.74, 6) is -8.80. The van der Waals surface area contributed by atoms with E-state index in [9.17, 15) is 48.6 Å². The molecule has 4 amide bonds. The maximum Gasteiger partial charge on any atom is 0.305 e. The normalized spacial score (nSPS) is 13.7. The van der Waals surface area contributed by atoms with Gasteiger partial charge in [-0.2, -0.15) is 0 Å². The SMILES string of the molecule is CCNC(CC(=O)O)C(=O)NC(CC(=O)O)C(=O)NC(CC(=O)O)C(=O)NC(Cc1ccccc1)C(=O)NC(Cc1ccccc1)C(=O)CC. The number of amides is 4. The first-order valence-corrected chi connectivity index (χ1v) is 15.9. The van der Waals surface area contributed by atoms with Crippen molar-refractivity contribution in [1.29, 1.82) is 0 Å². The van der Waals surface area contributed by atoms with Crippen LogP contribution in [0.2, 0.25) is 0 Å². The third kappa shape index (κ3) is 14.2. The quantitative estimate of drug-likeness (QED) is 0.0796. The molecule has 0 fully saturated rings. The van der Waals surface area contributed by atoms with Crippen LogP contribution in [-0.4, -0.2) is 99.4 Å². The molecule has 0 bridgehead atoms. The number of benzene rings is 2. The summed E-state index contributed by atoms with van der Waals surface area (Å²) in [6.07, 6.45) is -2.47. The Bertz CT molecular complexity index is 1500. The van der Waals surface area contributed by atoms with Crippen molar-refractivity contribution in [3.05, 3.63) is 71.8 Å². The van der Waals surface area contributed by atoms with Gasteiger partial charge >= 0.3 is 17.9 Å². The van der Waals surface area contributed by atoms with E-state index < -0.39 is 91.0 Å². The average Bonchev–Trinajstić information content (AvgIpc) is 3.06. The summed E-state index contributed by atoms with van der Waals surface area (Å²) >= 11 is 0. The van der Waals surface area contributed by atoms with Gasteiger partial charge in [0.05, 0.1) is 31.3 Å². The topological polar surface area (TPSA) is 257 Å². The number of likely N-dealkylation sites (N-methyl/N-ethyl adjacent to an activating group) is 1. The molecule has 50 heavy (non-hydrogen) atoms. The number of carbonyl (C=O) groups excluding carboxylic acids is 5. The summed E-state index contributed by atoms with van der Waals surface area (Å²) in [6, 6.07) is 10.1. The highest BCUT2D eigenvalue weighted by atomic mass is 16.4. The van der Waals surface area contributed by atoms with Crippen molar-refractivity contribution in [2.45, 2.75) is 82.6 Å². The van der Waals surface area contributed by atoms with E-state index in [4.69, 9.17) is 5.11 Å². The molecule has 0 radical (unpaired) electrons. The summed E-state index contributed by atoms with van der Waals surface area (Å²) in [7, 11) is 0. The Morgan fingerprint density at radius 3 is 1.24 bits per heavy atom. The van der Waals surface area contributed by atoms with Gasteiger partial charge in [0, 0.05) is 12.8 Å². The minimum absolute atomic E-state index is 0.0857. The Morgan fingerprint density at radius 2 is 0.840 bits per heavy atom. The Hall–Kier alpha value is -5.64. The third-order valence-corrected chi connectivity index (χ3v) is 7.42. The van der Waals surface area contributed by atoms with E-state index in [0.29, 0.717) is 5.56 Å². The van der Waals surface area contributed by atoms with Crippen LogP contribution in [0.3, 0.4) is 0 Å². The number of hydrogen-bond donors (Lipinski definition) is 8. The lowest BCUT2D eigenvalue weighted by atomic mass is 9.99. The van der Waals surface area contributed by atoms with Crippen molar-refractivity contribution in [1.82, 2.24) is 26.6 Å². The Labute approximate surface area is 288 Å². The van der Waals surface area contributed by atoms with Crippen LogP contribution in [-0.2, 0) is 51.2 Å². The number of rotatable bonds is 22. The number of nitrogens with one attached hydrogen (secondary N) is 5. The van der Waals surface area contributed by atoms with Crippen molar-refractivity contribution >= 4 is 47.3 Å². The highest BCUT2D eigenvalue weighted by Crippen LogP contribution is 2.09. The molecule has 2 aromatic rings. The lowest BCUT2D eigenvalue weighted by Gasteiger charge is -2.26.